The maximum Gasteiger partial charge on any atom is 0.0896 e. The second-order valence-electron chi connectivity index (χ2n) is 6.73. The van der Waals surface area contributed by atoms with Crippen molar-refractivity contribution in [2.45, 2.75) is 70.5 Å². The molecule has 0 N–H and O–H groups in total. The topological polar surface area (TPSA) is 23.1 Å². The molecule has 1 aliphatic heterocycles. The third-order valence-electron chi connectivity index (χ3n) is 3.12. The molecular weight excluding hydrogens is 206 g/mol. The SMILES string of the molecule is CC(C)(C)C1CC(C)(C)N([O])C(C)(C)S1. The van der Waals surface area contributed by atoms with Gasteiger partial charge in [-0.05, 0) is 39.5 Å². The molecule has 1 radical (unpaired) electrons. The van der Waals surface area contributed by atoms with Crippen molar-refractivity contribution >= 4 is 11.8 Å². The fourth-order valence-electron chi connectivity index (χ4n) is 2.19. The van der Waals surface area contributed by atoms with Gasteiger partial charge in [-0.25, -0.2) is 0 Å². The Morgan fingerprint density at radius 2 is 1.67 bits per heavy atom. The summed E-state index contributed by atoms with van der Waals surface area (Å²) in [6.07, 6.45) is 0.966. The van der Waals surface area contributed by atoms with E-state index in [9.17, 15) is 5.21 Å². The van der Waals surface area contributed by atoms with Gasteiger partial charge >= 0.3 is 0 Å². The van der Waals surface area contributed by atoms with Gasteiger partial charge in [-0.1, -0.05) is 20.8 Å². The highest BCUT2D eigenvalue weighted by atomic mass is 32.2. The second kappa shape index (κ2) is 3.64. The normalized spacial score (nSPS) is 31.6. The van der Waals surface area contributed by atoms with E-state index in [1.807, 2.05) is 25.6 Å². The molecule has 15 heavy (non-hydrogen) atoms. The van der Waals surface area contributed by atoms with Crippen LogP contribution in [0.2, 0.25) is 0 Å². The summed E-state index contributed by atoms with van der Waals surface area (Å²) in [6.45, 7) is 15.0. The van der Waals surface area contributed by atoms with Gasteiger partial charge in [-0.15, -0.1) is 22.0 Å². The van der Waals surface area contributed by atoms with E-state index in [4.69, 9.17) is 0 Å². The largest absolute Gasteiger partial charge is 0.134 e. The smallest absolute Gasteiger partial charge is 0.0896 e. The van der Waals surface area contributed by atoms with Gasteiger partial charge in [0.1, 0.15) is 0 Å². The van der Waals surface area contributed by atoms with E-state index < -0.39 is 0 Å². The average molecular weight is 230 g/mol. The van der Waals surface area contributed by atoms with Gasteiger partial charge in [0.05, 0.1) is 4.87 Å². The summed E-state index contributed by atoms with van der Waals surface area (Å²) in [5.41, 5.74) is 0.0210. The lowest BCUT2D eigenvalue weighted by Crippen LogP contribution is -2.58. The molecule has 0 bridgehead atoms. The minimum Gasteiger partial charge on any atom is -0.134 e. The van der Waals surface area contributed by atoms with Crippen LogP contribution in [-0.4, -0.2) is 20.7 Å². The van der Waals surface area contributed by atoms with E-state index in [2.05, 4.69) is 34.6 Å². The van der Waals surface area contributed by atoms with Gasteiger partial charge < -0.3 is 0 Å². The van der Waals surface area contributed by atoms with Crippen LogP contribution in [0, 0.1) is 5.41 Å². The molecule has 0 aromatic carbocycles. The molecule has 1 atom stereocenters. The van der Waals surface area contributed by atoms with E-state index >= 15 is 0 Å². The maximum atomic E-state index is 12.1. The van der Waals surface area contributed by atoms with E-state index in [0.29, 0.717) is 5.25 Å². The summed E-state index contributed by atoms with van der Waals surface area (Å²) >= 11 is 1.82. The van der Waals surface area contributed by atoms with Crippen LogP contribution in [0.1, 0.15) is 54.9 Å². The Morgan fingerprint density at radius 3 is 2.00 bits per heavy atom. The van der Waals surface area contributed by atoms with Crippen molar-refractivity contribution in [3.63, 3.8) is 0 Å². The van der Waals surface area contributed by atoms with E-state index in [0.717, 1.165) is 6.42 Å². The summed E-state index contributed by atoms with van der Waals surface area (Å²) in [7, 11) is 0. The Morgan fingerprint density at radius 1 is 1.20 bits per heavy atom. The summed E-state index contributed by atoms with van der Waals surface area (Å²) in [4.78, 5) is -0.306. The minimum absolute atomic E-state index is 0.243. The van der Waals surface area contributed by atoms with Crippen molar-refractivity contribution in [1.29, 1.82) is 0 Å². The number of thioether (sulfide) groups is 1. The van der Waals surface area contributed by atoms with Gasteiger partial charge in [-0.3, -0.25) is 0 Å². The first-order valence-corrected chi connectivity index (χ1v) is 6.50. The Hall–Kier alpha value is 0.270. The highest BCUT2D eigenvalue weighted by Crippen LogP contribution is 2.50. The third kappa shape index (κ3) is 2.69. The molecule has 1 unspecified atom stereocenters. The van der Waals surface area contributed by atoms with Crippen LogP contribution >= 0.6 is 11.8 Å². The molecule has 0 aliphatic carbocycles. The molecule has 0 spiro atoms. The third-order valence-corrected chi connectivity index (χ3v) is 5.02. The zero-order valence-electron chi connectivity index (χ0n) is 11.0. The fraction of sp³-hybridized carbons (Fsp3) is 1.00. The minimum atomic E-state index is -0.306. The van der Waals surface area contributed by atoms with Gasteiger partial charge in [0.15, 0.2) is 0 Å². The Bertz CT molecular complexity index is 224. The van der Waals surface area contributed by atoms with E-state index in [1.165, 1.54) is 5.06 Å². The fourth-order valence-corrected chi connectivity index (χ4v) is 4.07. The number of hydrogen-bond donors (Lipinski definition) is 0. The van der Waals surface area contributed by atoms with Crippen LogP contribution in [0.4, 0.5) is 0 Å². The van der Waals surface area contributed by atoms with Crippen molar-refractivity contribution in [2.75, 3.05) is 0 Å². The number of hydroxylamine groups is 2. The molecule has 0 saturated carbocycles. The molecule has 1 rings (SSSR count). The summed E-state index contributed by atoms with van der Waals surface area (Å²) in [5, 5.41) is 14.0. The predicted molar refractivity (Wildman–Crippen MR) is 66.1 cm³/mol. The first-order chi connectivity index (χ1) is 6.47. The molecule has 89 valence electrons. The summed E-state index contributed by atoms with van der Waals surface area (Å²) in [5.74, 6) is 0. The highest BCUT2D eigenvalue weighted by molar-refractivity contribution is 8.01. The lowest BCUT2D eigenvalue weighted by Gasteiger charge is -2.52. The highest BCUT2D eigenvalue weighted by Gasteiger charge is 2.49. The van der Waals surface area contributed by atoms with Crippen LogP contribution < -0.4 is 0 Å². The second-order valence-corrected chi connectivity index (χ2v) is 8.53. The molecule has 0 amide bonds. The molecule has 1 fully saturated rings. The Labute approximate surface area is 98.4 Å². The zero-order valence-corrected chi connectivity index (χ0v) is 11.9. The number of hydrogen-bond acceptors (Lipinski definition) is 2. The molecule has 1 aliphatic rings. The Balaban J connectivity index is 2.94. The molecule has 0 aromatic heterocycles. The van der Waals surface area contributed by atoms with Gasteiger partial charge in [0.2, 0.25) is 0 Å². The first-order valence-electron chi connectivity index (χ1n) is 5.62. The molecular formula is C12H24NOS. The Kier molecular flexibility index (Phi) is 3.24. The van der Waals surface area contributed by atoms with Crippen molar-refractivity contribution < 1.29 is 5.21 Å². The number of nitrogens with zero attached hydrogens (tertiary/aromatic N) is 1. The lowest BCUT2D eigenvalue weighted by atomic mass is 9.83. The van der Waals surface area contributed by atoms with Gasteiger partial charge in [0, 0.05) is 10.8 Å². The molecule has 3 heteroatoms. The molecule has 2 nitrogen and oxygen atoms in total. The van der Waals surface area contributed by atoms with Crippen LogP contribution in [0.3, 0.4) is 0 Å². The molecule has 1 heterocycles. The van der Waals surface area contributed by atoms with Crippen molar-refractivity contribution in [1.82, 2.24) is 5.06 Å². The maximum absolute atomic E-state index is 12.1. The average Bonchev–Trinajstić information content (AvgIpc) is 1.97. The molecule has 0 aromatic rings. The van der Waals surface area contributed by atoms with E-state index in [-0.39, 0.29) is 15.8 Å². The van der Waals surface area contributed by atoms with Crippen molar-refractivity contribution in [3.8, 4) is 0 Å². The van der Waals surface area contributed by atoms with Gasteiger partial charge in [0.25, 0.3) is 0 Å². The zero-order chi connectivity index (χ0) is 12.1. The molecule has 1 saturated heterocycles. The van der Waals surface area contributed by atoms with Crippen LogP contribution in [0.15, 0.2) is 0 Å². The lowest BCUT2D eigenvalue weighted by molar-refractivity contribution is -0.254. The van der Waals surface area contributed by atoms with Crippen molar-refractivity contribution in [2.24, 2.45) is 5.41 Å². The standard InChI is InChI=1S/C12H24NOS/c1-10(2,3)9-8-11(4,5)13(14)12(6,7)15-9/h9H,8H2,1-7H3. The van der Waals surface area contributed by atoms with Crippen LogP contribution in [0.5, 0.6) is 0 Å². The van der Waals surface area contributed by atoms with E-state index in [1.54, 1.807) is 0 Å². The van der Waals surface area contributed by atoms with Crippen LogP contribution in [-0.2, 0) is 5.21 Å². The summed E-state index contributed by atoms with van der Waals surface area (Å²) < 4.78 is 0. The first kappa shape index (κ1) is 13.3. The van der Waals surface area contributed by atoms with Crippen LogP contribution in [0.25, 0.3) is 0 Å². The number of rotatable bonds is 0. The van der Waals surface area contributed by atoms with Crippen molar-refractivity contribution in [3.05, 3.63) is 0 Å². The predicted octanol–water partition coefficient (Wildman–Crippen LogP) is 3.70. The monoisotopic (exact) mass is 230 g/mol. The van der Waals surface area contributed by atoms with Gasteiger partial charge in [-0.2, -0.15) is 0 Å². The quantitative estimate of drug-likeness (QED) is 0.633. The summed E-state index contributed by atoms with van der Waals surface area (Å²) in [6, 6.07) is 0.